The Labute approximate surface area is 149 Å². The number of rotatable bonds is 4. The Morgan fingerprint density at radius 2 is 2.15 bits per heavy atom. The molecule has 2 aliphatic rings. The van der Waals surface area contributed by atoms with Crippen molar-refractivity contribution in [2.75, 3.05) is 18.0 Å². The summed E-state index contributed by atoms with van der Waals surface area (Å²) < 4.78 is 16.9. The minimum absolute atomic E-state index is 0.0306. The summed E-state index contributed by atoms with van der Waals surface area (Å²) in [5.41, 5.74) is 5.54. The molecular weight excluding hydrogens is 339 g/mol. The van der Waals surface area contributed by atoms with Crippen molar-refractivity contribution in [3.8, 4) is 0 Å². The van der Waals surface area contributed by atoms with Gasteiger partial charge in [0.1, 0.15) is 11.2 Å². The van der Waals surface area contributed by atoms with Gasteiger partial charge in [-0.1, -0.05) is 6.92 Å². The van der Waals surface area contributed by atoms with Crippen molar-refractivity contribution >= 4 is 22.8 Å². The van der Waals surface area contributed by atoms with Crippen LogP contribution in [0.1, 0.15) is 48.1 Å². The van der Waals surface area contributed by atoms with Crippen LogP contribution in [0.15, 0.2) is 11.0 Å². The average molecular weight is 360 g/mol. The third kappa shape index (κ3) is 2.56. The van der Waals surface area contributed by atoms with Crippen LogP contribution in [0.25, 0.3) is 11.0 Å². The standard InChI is InChI=1S/C18H21FN4O3/c1-2-11-13-15(24)12(18(25)26)8-23(10-3-4-10)16(13)21-17(14(11)19)22-6-5-9(20)7-22/h8-10H,2-7,20H2,1H3,(H,25,26)/t9-/m0/s1. The Bertz CT molecular complexity index is 967. The number of nitrogens with two attached hydrogens (primary N) is 1. The fourth-order valence-electron chi connectivity index (χ4n) is 3.71. The number of aromatic nitrogens is 2. The molecule has 7 nitrogen and oxygen atoms in total. The number of hydrogen-bond acceptors (Lipinski definition) is 5. The summed E-state index contributed by atoms with van der Waals surface area (Å²) in [5.74, 6) is -1.64. The van der Waals surface area contributed by atoms with E-state index in [-0.39, 0.29) is 40.8 Å². The number of pyridine rings is 2. The maximum absolute atomic E-state index is 15.2. The number of aromatic carboxylic acids is 1. The molecule has 1 saturated heterocycles. The van der Waals surface area contributed by atoms with E-state index in [9.17, 15) is 14.7 Å². The highest BCUT2D eigenvalue weighted by molar-refractivity contribution is 5.93. The summed E-state index contributed by atoms with van der Waals surface area (Å²) in [6, 6.07) is 0.0736. The lowest BCUT2D eigenvalue weighted by atomic mass is 10.0. The van der Waals surface area contributed by atoms with Gasteiger partial charge >= 0.3 is 5.97 Å². The number of nitrogens with zero attached hydrogens (tertiary/aromatic N) is 3. The van der Waals surface area contributed by atoms with Crippen molar-refractivity contribution in [2.45, 2.75) is 44.7 Å². The van der Waals surface area contributed by atoms with Crippen LogP contribution in [0.4, 0.5) is 10.2 Å². The number of anilines is 1. The predicted molar refractivity (Wildman–Crippen MR) is 95.4 cm³/mol. The van der Waals surface area contributed by atoms with Gasteiger partial charge < -0.3 is 20.3 Å². The van der Waals surface area contributed by atoms with E-state index >= 15 is 4.39 Å². The van der Waals surface area contributed by atoms with Gasteiger partial charge in [0.25, 0.3) is 0 Å². The number of aryl methyl sites for hydroxylation is 1. The number of carboxylic acid groups (broad SMARTS) is 1. The van der Waals surface area contributed by atoms with Gasteiger partial charge in [0, 0.05) is 36.9 Å². The summed E-state index contributed by atoms with van der Waals surface area (Å²) in [4.78, 5) is 30.6. The van der Waals surface area contributed by atoms with Gasteiger partial charge in [-0.25, -0.2) is 14.2 Å². The molecule has 2 aromatic rings. The van der Waals surface area contributed by atoms with Crippen molar-refractivity contribution in [3.63, 3.8) is 0 Å². The van der Waals surface area contributed by atoms with Crippen LogP contribution in [0, 0.1) is 5.82 Å². The van der Waals surface area contributed by atoms with E-state index in [1.54, 1.807) is 11.5 Å². The van der Waals surface area contributed by atoms with Gasteiger partial charge in [-0.15, -0.1) is 0 Å². The molecule has 1 atom stereocenters. The third-order valence-corrected chi connectivity index (χ3v) is 5.23. The highest BCUT2D eigenvalue weighted by Crippen LogP contribution is 2.38. The fraction of sp³-hybridized carbons (Fsp3) is 0.500. The molecule has 0 bridgehead atoms. The van der Waals surface area contributed by atoms with E-state index in [1.165, 1.54) is 6.20 Å². The maximum atomic E-state index is 15.2. The molecule has 4 rings (SSSR count). The molecule has 138 valence electrons. The number of fused-ring (bicyclic) bond motifs is 1. The van der Waals surface area contributed by atoms with Crippen LogP contribution in [-0.4, -0.2) is 39.8 Å². The quantitative estimate of drug-likeness (QED) is 0.860. The molecule has 0 amide bonds. The first kappa shape index (κ1) is 17.0. The summed E-state index contributed by atoms with van der Waals surface area (Å²) in [7, 11) is 0. The van der Waals surface area contributed by atoms with E-state index in [0.717, 1.165) is 19.3 Å². The first-order chi connectivity index (χ1) is 12.4. The Balaban J connectivity index is 2.05. The Kier molecular flexibility index (Phi) is 3.95. The van der Waals surface area contributed by atoms with E-state index in [1.807, 2.05) is 4.90 Å². The van der Waals surface area contributed by atoms with Gasteiger partial charge in [0.05, 0.1) is 5.39 Å². The number of halogens is 1. The molecule has 0 aromatic carbocycles. The average Bonchev–Trinajstić information content (AvgIpc) is 3.35. The summed E-state index contributed by atoms with van der Waals surface area (Å²) in [6.45, 7) is 2.88. The Hall–Kier alpha value is -2.48. The second-order valence-corrected chi connectivity index (χ2v) is 7.09. The van der Waals surface area contributed by atoms with E-state index < -0.39 is 17.2 Å². The summed E-state index contributed by atoms with van der Waals surface area (Å²) >= 11 is 0. The van der Waals surface area contributed by atoms with Crippen LogP contribution in [-0.2, 0) is 6.42 Å². The minimum Gasteiger partial charge on any atom is -0.477 e. The zero-order valence-corrected chi connectivity index (χ0v) is 14.5. The molecule has 8 heteroatoms. The van der Waals surface area contributed by atoms with Crippen LogP contribution < -0.4 is 16.1 Å². The normalized spacial score (nSPS) is 20.1. The first-order valence-corrected chi connectivity index (χ1v) is 8.93. The molecule has 0 radical (unpaired) electrons. The molecule has 3 N–H and O–H groups in total. The zero-order valence-electron chi connectivity index (χ0n) is 14.5. The van der Waals surface area contributed by atoms with Gasteiger partial charge in [0.2, 0.25) is 5.43 Å². The maximum Gasteiger partial charge on any atom is 0.341 e. The van der Waals surface area contributed by atoms with Crippen LogP contribution in [0.5, 0.6) is 0 Å². The van der Waals surface area contributed by atoms with Gasteiger partial charge in [0.15, 0.2) is 11.6 Å². The van der Waals surface area contributed by atoms with Crippen molar-refractivity contribution in [1.29, 1.82) is 0 Å². The minimum atomic E-state index is -1.30. The molecule has 1 aliphatic heterocycles. The van der Waals surface area contributed by atoms with E-state index in [2.05, 4.69) is 4.98 Å². The second-order valence-electron chi connectivity index (χ2n) is 7.09. The second kappa shape index (κ2) is 6.05. The summed E-state index contributed by atoms with van der Waals surface area (Å²) in [6.07, 6.45) is 4.17. The van der Waals surface area contributed by atoms with Crippen LogP contribution in [0.3, 0.4) is 0 Å². The molecule has 1 saturated carbocycles. The lowest BCUT2D eigenvalue weighted by molar-refractivity contribution is 0.0695. The molecule has 26 heavy (non-hydrogen) atoms. The molecule has 3 heterocycles. The highest BCUT2D eigenvalue weighted by Gasteiger charge is 2.31. The monoisotopic (exact) mass is 360 g/mol. The van der Waals surface area contributed by atoms with Crippen molar-refractivity contribution in [3.05, 3.63) is 33.4 Å². The Morgan fingerprint density at radius 1 is 1.42 bits per heavy atom. The summed E-state index contributed by atoms with van der Waals surface area (Å²) in [5, 5.41) is 9.48. The number of hydrogen-bond donors (Lipinski definition) is 2. The van der Waals surface area contributed by atoms with E-state index in [4.69, 9.17) is 5.73 Å². The molecule has 2 fully saturated rings. The smallest absolute Gasteiger partial charge is 0.341 e. The third-order valence-electron chi connectivity index (χ3n) is 5.23. The number of carbonyl (C=O) groups is 1. The van der Waals surface area contributed by atoms with Crippen molar-refractivity contribution < 1.29 is 14.3 Å². The topological polar surface area (TPSA) is 101 Å². The van der Waals surface area contributed by atoms with Gasteiger partial charge in [-0.3, -0.25) is 4.79 Å². The highest BCUT2D eigenvalue weighted by atomic mass is 19.1. The van der Waals surface area contributed by atoms with Crippen molar-refractivity contribution in [1.82, 2.24) is 9.55 Å². The fourth-order valence-corrected chi connectivity index (χ4v) is 3.71. The van der Waals surface area contributed by atoms with Crippen LogP contribution >= 0.6 is 0 Å². The molecule has 0 spiro atoms. The molecule has 0 unspecified atom stereocenters. The predicted octanol–water partition coefficient (Wildman–Crippen LogP) is 1.67. The number of carboxylic acids is 1. The van der Waals surface area contributed by atoms with E-state index in [0.29, 0.717) is 18.7 Å². The first-order valence-electron chi connectivity index (χ1n) is 8.93. The van der Waals surface area contributed by atoms with Crippen LogP contribution in [0.2, 0.25) is 0 Å². The van der Waals surface area contributed by atoms with Gasteiger partial charge in [-0.2, -0.15) is 0 Å². The Morgan fingerprint density at radius 3 is 2.69 bits per heavy atom. The van der Waals surface area contributed by atoms with Crippen molar-refractivity contribution in [2.24, 2.45) is 5.73 Å². The largest absolute Gasteiger partial charge is 0.477 e. The molecular formula is C18H21FN4O3. The molecule has 1 aliphatic carbocycles. The molecule has 2 aromatic heterocycles. The van der Waals surface area contributed by atoms with Gasteiger partial charge in [-0.05, 0) is 25.7 Å². The SMILES string of the molecule is CCc1c(F)c(N2CC[C@H](N)C2)nc2c1c(=O)c(C(=O)O)cn2C1CC1. The lowest BCUT2D eigenvalue weighted by Crippen LogP contribution is -2.29. The zero-order chi connectivity index (χ0) is 18.6. The lowest BCUT2D eigenvalue weighted by Gasteiger charge is -2.21.